The Morgan fingerprint density at radius 3 is 1.46 bits per heavy atom. The van der Waals surface area contributed by atoms with Crippen LogP contribution in [0.2, 0.25) is 0 Å². The minimum absolute atomic E-state index is 0. The van der Waals surface area contributed by atoms with Crippen molar-refractivity contribution in [2.75, 3.05) is 46.2 Å². The summed E-state index contributed by atoms with van der Waals surface area (Å²) in [6, 6.07) is 55.7. The number of aryl methyl sites for hydroxylation is 3. The molecule has 9 heteroatoms. The first-order valence-corrected chi connectivity index (χ1v) is 29.1. The van der Waals surface area contributed by atoms with E-state index in [0.29, 0.717) is 37.9 Å². The average Bonchev–Trinajstić information content (AvgIpc) is 3.44. The van der Waals surface area contributed by atoms with Gasteiger partial charge in [0, 0.05) is 21.9 Å². The fourth-order valence-electron chi connectivity index (χ4n) is 6.99. The number of unbranched alkanes of at least 4 members (excludes halogenated alkanes) is 1. The van der Waals surface area contributed by atoms with Crippen LogP contribution in [0.4, 0.5) is 4.39 Å². The van der Waals surface area contributed by atoms with E-state index in [0.717, 1.165) is 86.6 Å². The van der Waals surface area contributed by atoms with Gasteiger partial charge in [-0.2, -0.15) is 0 Å². The summed E-state index contributed by atoms with van der Waals surface area (Å²) in [5.74, 6) is 5.95. The molecular weight excluding hydrogens is 1020 g/mol. The predicted molar refractivity (Wildman–Crippen MR) is 341 cm³/mol. The number of hydrogen-bond donors (Lipinski definition) is 0. The molecule has 440 valence electrons. The van der Waals surface area contributed by atoms with Crippen molar-refractivity contribution in [3.63, 3.8) is 0 Å². The Bertz CT molecular complexity index is 2570. The van der Waals surface area contributed by atoms with Crippen LogP contribution >= 0.6 is 11.8 Å². The third-order valence-electron chi connectivity index (χ3n) is 10.8. The maximum Gasteiger partial charge on any atom is 0.164 e. The zero-order valence-electron chi connectivity index (χ0n) is 49.3. The SMILES string of the molecule is C.C.CC(C)Cc1ccccc1.CCCCOc1cccc(C)c1.CCCOc1cc(F)ccc1OCC.CCCOc1cccc(OCC)c1.CCCOc1ccccc1OCC.CCc1ccccc1Sc1ccccc1C. The van der Waals surface area contributed by atoms with Gasteiger partial charge in [0.05, 0.1) is 46.2 Å². The zero-order valence-corrected chi connectivity index (χ0v) is 50.1. The quantitative estimate of drug-likeness (QED) is 0.0555. The van der Waals surface area contributed by atoms with E-state index in [1.54, 1.807) is 6.07 Å². The topological polar surface area (TPSA) is 64.6 Å². The van der Waals surface area contributed by atoms with E-state index in [9.17, 15) is 4.39 Å². The Labute approximate surface area is 489 Å². The number of hydrogen-bond acceptors (Lipinski definition) is 8. The van der Waals surface area contributed by atoms with Gasteiger partial charge >= 0.3 is 0 Å². The van der Waals surface area contributed by atoms with Gasteiger partial charge in [-0.3, -0.25) is 0 Å². The second kappa shape index (κ2) is 47.2. The molecule has 7 aromatic rings. The smallest absolute Gasteiger partial charge is 0.164 e. The third-order valence-corrected chi connectivity index (χ3v) is 12.1. The van der Waals surface area contributed by atoms with Gasteiger partial charge in [-0.1, -0.05) is 179 Å². The van der Waals surface area contributed by atoms with E-state index >= 15 is 0 Å². The summed E-state index contributed by atoms with van der Waals surface area (Å²) in [7, 11) is 0. The highest BCUT2D eigenvalue weighted by molar-refractivity contribution is 7.99. The molecule has 0 aliphatic rings. The van der Waals surface area contributed by atoms with Gasteiger partial charge in [0.25, 0.3) is 0 Å². The first kappa shape index (κ1) is 73.4. The highest BCUT2D eigenvalue weighted by Gasteiger charge is 2.07. The number of halogens is 1. The van der Waals surface area contributed by atoms with Gasteiger partial charge in [-0.05, 0) is 162 Å². The summed E-state index contributed by atoms with van der Waals surface area (Å²) < 4.78 is 50.8. The molecule has 80 heavy (non-hydrogen) atoms. The summed E-state index contributed by atoms with van der Waals surface area (Å²) in [5.41, 5.74) is 5.47. The molecule has 0 aliphatic carbocycles. The van der Waals surface area contributed by atoms with Crippen molar-refractivity contribution >= 4 is 11.8 Å². The first-order chi connectivity index (χ1) is 37.9. The minimum Gasteiger partial charge on any atom is -0.494 e. The third kappa shape index (κ3) is 33.1. The monoisotopic (exact) mass is 1120 g/mol. The van der Waals surface area contributed by atoms with Gasteiger partial charge < -0.3 is 33.2 Å². The Balaban J connectivity index is 0.000000936. The van der Waals surface area contributed by atoms with Crippen molar-refractivity contribution in [2.45, 2.75) is 153 Å². The second-order valence-corrected chi connectivity index (χ2v) is 19.4. The standard InChI is InChI=1S/C15H16S.C11H15FO2.2C11H16O2.C11H16O.C10H14.2CH4/c1-3-13-9-5-7-11-15(13)16-14-10-6-4-8-12(14)2;1-3-7-14-11-8-9(12)5-6-10(11)13-4-2;1-3-9-13-11-8-6-5-7-10(11)12-4-2;1-3-8-13-11-7-5-6-10(9-11)12-4-2;1-3-4-8-12-11-7-5-6-10(2)9-11;1-9(2)8-10-6-4-3-5-7-10;;/h4-11H,3H2,1-2H3;5-6,8H,3-4,7H2,1-2H3;5-8H,3-4,9H2,1-2H3;5-7,9H,3-4,8H2,1-2H3;5-7,9H,3-4,8H2,1-2H3;3-7,9H,8H2,1-2H3;2*1H4. The zero-order chi connectivity index (χ0) is 57.0. The number of rotatable bonds is 24. The van der Waals surface area contributed by atoms with Crippen molar-refractivity contribution in [1.29, 1.82) is 0 Å². The normalized spacial score (nSPS) is 9.72. The molecule has 0 saturated carbocycles. The lowest BCUT2D eigenvalue weighted by Crippen LogP contribution is -2.00. The van der Waals surface area contributed by atoms with E-state index in [1.165, 1.54) is 57.0 Å². The van der Waals surface area contributed by atoms with E-state index in [-0.39, 0.29) is 20.7 Å². The van der Waals surface area contributed by atoms with Crippen molar-refractivity contribution in [2.24, 2.45) is 5.92 Å². The van der Waals surface area contributed by atoms with E-state index in [1.807, 2.05) is 100 Å². The summed E-state index contributed by atoms with van der Waals surface area (Å²) in [5, 5.41) is 0. The lowest BCUT2D eigenvalue weighted by atomic mass is 10.0. The molecule has 0 bridgehead atoms. The first-order valence-electron chi connectivity index (χ1n) is 28.2. The molecule has 0 fully saturated rings. The Kier molecular flexibility index (Phi) is 43.4. The number of para-hydroxylation sites is 2. The van der Waals surface area contributed by atoms with Crippen molar-refractivity contribution in [1.82, 2.24) is 0 Å². The molecule has 7 rings (SSSR count). The fraction of sp³-hybridized carbons (Fsp3) is 0.408. The van der Waals surface area contributed by atoms with Crippen LogP contribution < -0.4 is 33.2 Å². The fourth-order valence-corrected chi connectivity index (χ4v) is 8.09. The van der Waals surface area contributed by atoms with E-state index in [2.05, 4.69) is 146 Å². The molecule has 0 atom stereocenters. The Morgan fingerprint density at radius 1 is 0.412 bits per heavy atom. The van der Waals surface area contributed by atoms with Gasteiger partial charge in [-0.15, -0.1) is 0 Å². The maximum atomic E-state index is 12.9. The summed E-state index contributed by atoms with van der Waals surface area (Å²) in [6.45, 7) is 29.9. The van der Waals surface area contributed by atoms with Crippen LogP contribution in [0.15, 0.2) is 180 Å². The minimum atomic E-state index is -0.306. The Morgan fingerprint density at radius 2 is 0.900 bits per heavy atom. The van der Waals surface area contributed by atoms with Crippen molar-refractivity contribution < 1.29 is 37.5 Å². The largest absolute Gasteiger partial charge is 0.494 e. The molecule has 0 spiro atoms. The number of ether oxygens (including phenoxy) is 7. The lowest BCUT2D eigenvalue weighted by molar-refractivity contribution is 0.275. The highest BCUT2D eigenvalue weighted by atomic mass is 32.2. The van der Waals surface area contributed by atoms with E-state index in [4.69, 9.17) is 33.2 Å². The lowest BCUT2D eigenvalue weighted by Gasteiger charge is -2.10. The van der Waals surface area contributed by atoms with Crippen molar-refractivity contribution in [3.8, 4) is 40.2 Å². The Hall–Kier alpha value is -6.58. The van der Waals surface area contributed by atoms with Crippen LogP contribution in [0.5, 0.6) is 40.2 Å². The molecule has 0 amide bonds. The van der Waals surface area contributed by atoms with Crippen LogP contribution in [0.1, 0.15) is 138 Å². The van der Waals surface area contributed by atoms with Crippen LogP contribution in [-0.2, 0) is 12.8 Å². The molecule has 0 saturated heterocycles. The molecule has 7 aromatic carbocycles. The summed E-state index contributed by atoms with van der Waals surface area (Å²) in [6.07, 6.45) is 7.54. The predicted octanol–water partition coefficient (Wildman–Crippen LogP) is 20.8. The number of benzene rings is 7. The van der Waals surface area contributed by atoms with Gasteiger partial charge in [-0.25, -0.2) is 4.39 Å². The van der Waals surface area contributed by atoms with E-state index < -0.39 is 0 Å². The molecule has 0 aliphatic heterocycles. The maximum absolute atomic E-state index is 12.9. The molecular formula is C71H101FO7S. The molecule has 0 aromatic heterocycles. The molecule has 0 N–H and O–H groups in total. The van der Waals surface area contributed by atoms with Crippen molar-refractivity contribution in [3.05, 3.63) is 198 Å². The summed E-state index contributed by atoms with van der Waals surface area (Å²) in [4.78, 5) is 2.72. The molecule has 0 radical (unpaired) electrons. The van der Waals surface area contributed by atoms with Gasteiger partial charge in [0.1, 0.15) is 23.1 Å². The second-order valence-electron chi connectivity index (χ2n) is 18.3. The average molecular weight is 1120 g/mol. The van der Waals surface area contributed by atoms with Crippen LogP contribution in [-0.4, -0.2) is 46.2 Å². The molecule has 7 nitrogen and oxygen atoms in total. The van der Waals surface area contributed by atoms with Gasteiger partial charge in [0.15, 0.2) is 23.0 Å². The van der Waals surface area contributed by atoms with Crippen LogP contribution in [0.3, 0.4) is 0 Å². The highest BCUT2D eigenvalue weighted by Crippen LogP contribution is 2.33. The summed E-state index contributed by atoms with van der Waals surface area (Å²) >= 11 is 1.87. The van der Waals surface area contributed by atoms with Gasteiger partial charge in [0.2, 0.25) is 0 Å². The molecule has 0 heterocycles. The molecule has 0 unspecified atom stereocenters. The van der Waals surface area contributed by atoms with Crippen LogP contribution in [0.25, 0.3) is 0 Å². The van der Waals surface area contributed by atoms with Crippen LogP contribution in [0, 0.1) is 25.6 Å².